The minimum Gasteiger partial charge on any atom is -0.325 e. The molecule has 2 N–H and O–H groups in total. The molecule has 1 saturated heterocycles. The Bertz CT molecular complexity index is 801. The van der Waals surface area contributed by atoms with Crippen LogP contribution in [0.25, 0.3) is 0 Å². The van der Waals surface area contributed by atoms with Crippen molar-refractivity contribution in [2.24, 2.45) is 0 Å². The lowest BCUT2D eigenvalue weighted by atomic mass is 10.1. The number of benzene rings is 1. The van der Waals surface area contributed by atoms with E-state index in [9.17, 15) is 18.0 Å². The smallest absolute Gasteiger partial charge is 0.325 e. The van der Waals surface area contributed by atoms with Crippen molar-refractivity contribution in [3.05, 3.63) is 58.9 Å². The Balaban J connectivity index is 1.70. The number of hydrogen-bond donors (Lipinski definition) is 2. The van der Waals surface area contributed by atoms with Crippen LogP contribution >= 0.6 is 11.6 Å². The summed E-state index contributed by atoms with van der Waals surface area (Å²) in [5.41, 5.74) is 0.0607. The maximum absolute atomic E-state index is 13.0. The highest BCUT2D eigenvalue weighted by Gasteiger charge is 2.33. The number of hydrogen-bond acceptors (Lipinski definition) is 4. The van der Waals surface area contributed by atoms with E-state index in [0.29, 0.717) is 13.1 Å². The molecule has 0 spiro atoms. The zero-order valence-corrected chi connectivity index (χ0v) is 15.0. The van der Waals surface area contributed by atoms with E-state index in [1.807, 2.05) is 17.0 Å². The van der Waals surface area contributed by atoms with Crippen LogP contribution in [0.15, 0.2) is 42.7 Å². The molecule has 1 fully saturated rings. The largest absolute Gasteiger partial charge is 0.417 e. The molecular formula is C18H18ClF3N4O. The fourth-order valence-corrected chi connectivity index (χ4v) is 3.27. The maximum Gasteiger partial charge on any atom is 0.417 e. The standard InChI is InChI=1S/C18H18ClF3N4O/c19-15-4-3-13(8-14(15)18(20,21)22)25-17(27)11-26-7-6-24-10-16(26)12-2-1-5-23-9-12/h1-5,8-9,16,24H,6-7,10-11H2,(H,25,27). The van der Waals surface area contributed by atoms with Gasteiger partial charge in [0.05, 0.1) is 17.1 Å². The van der Waals surface area contributed by atoms with Crippen molar-refractivity contribution in [1.82, 2.24) is 15.2 Å². The first-order valence-electron chi connectivity index (χ1n) is 8.36. The van der Waals surface area contributed by atoms with E-state index < -0.39 is 16.8 Å². The quantitative estimate of drug-likeness (QED) is 0.829. The molecule has 1 aromatic carbocycles. The van der Waals surface area contributed by atoms with E-state index in [2.05, 4.69) is 15.6 Å². The molecule has 1 aliphatic heterocycles. The minimum absolute atomic E-state index is 0.0332. The number of piperazine rings is 1. The van der Waals surface area contributed by atoms with Gasteiger partial charge in [0.1, 0.15) is 0 Å². The molecular weight excluding hydrogens is 381 g/mol. The topological polar surface area (TPSA) is 57.3 Å². The average Bonchev–Trinajstić information content (AvgIpc) is 2.63. The highest BCUT2D eigenvalue weighted by atomic mass is 35.5. The van der Waals surface area contributed by atoms with E-state index in [0.717, 1.165) is 24.2 Å². The van der Waals surface area contributed by atoms with Gasteiger partial charge in [-0.2, -0.15) is 13.2 Å². The predicted molar refractivity (Wildman–Crippen MR) is 96.5 cm³/mol. The number of aromatic nitrogens is 1. The van der Waals surface area contributed by atoms with Crippen molar-refractivity contribution in [1.29, 1.82) is 0 Å². The number of carbonyl (C=O) groups excluding carboxylic acids is 1. The van der Waals surface area contributed by atoms with Crippen LogP contribution in [0, 0.1) is 0 Å². The van der Waals surface area contributed by atoms with E-state index in [1.165, 1.54) is 6.07 Å². The van der Waals surface area contributed by atoms with Crippen molar-refractivity contribution < 1.29 is 18.0 Å². The summed E-state index contributed by atoms with van der Waals surface area (Å²) >= 11 is 5.61. The number of anilines is 1. The number of rotatable bonds is 4. The van der Waals surface area contributed by atoms with Crippen LogP contribution in [-0.4, -0.2) is 42.0 Å². The van der Waals surface area contributed by atoms with Gasteiger partial charge in [-0.3, -0.25) is 14.7 Å². The van der Waals surface area contributed by atoms with Gasteiger partial charge in [0.2, 0.25) is 5.91 Å². The highest BCUT2D eigenvalue weighted by molar-refractivity contribution is 6.31. The number of amides is 1. The third-order valence-electron chi connectivity index (χ3n) is 4.33. The minimum atomic E-state index is -4.58. The summed E-state index contributed by atoms with van der Waals surface area (Å²) < 4.78 is 38.9. The molecule has 1 aromatic heterocycles. The van der Waals surface area contributed by atoms with Gasteiger partial charge in [-0.25, -0.2) is 0 Å². The second-order valence-electron chi connectivity index (χ2n) is 6.22. The van der Waals surface area contributed by atoms with Crippen LogP contribution in [-0.2, 0) is 11.0 Å². The number of carbonyl (C=O) groups is 1. The van der Waals surface area contributed by atoms with Crippen molar-refractivity contribution in [2.75, 3.05) is 31.5 Å². The average molecular weight is 399 g/mol. The summed E-state index contributed by atoms with van der Waals surface area (Å²) in [5, 5.41) is 5.40. The van der Waals surface area contributed by atoms with Gasteiger partial charge in [0.25, 0.3) is 0 Å². The SMILES string of the molecule is O=C(CN1CCNCC1c1cccnc1)Nc1ccc(Cl)c(C(F)(F)F)c1. The lowest BCUT2D eigenvalue weighted by molar-refractivity contribution is -0.137. The monoisotopic (exact) mass is 398 g/mol. The zero-order valence-electron chi connectivity index (χ0n) is 14.3. The molecule has 9 heteroatoms. The zero-order chi connectivity index (χ0) is 19.4. The Morgan fingerprint density at radius 3 is 2.89 bits per heavy atom. The molecule has 0 radical (unpaired) electrons. The van der Waals surface area contributed by atoms with Crippen molar-refractivity contribution in [2.45, 2.75) is 12.2 Å². The Kier molecular flexibility index (Phi) is 5.98. The van der Waals surface area contributed by atoms with E-state index in [1.54, 1.807) is 12.4 Å². The Morgan fingerprint density at radius 1 is 1.37 bits per heavy atom. The lowest BCUT2D eigenvalue weighted by Crippen LogP contribution is -2.48. The van der Waals surface area contributed by atoms with Crippen LogP contribution in [0.5, 0.6) is 0 Å². The lowest BCUT2D eigenvalue weighted by Gasteiger charge is -2.35. The predicted octanol–water partition coefficient (Wildman–Crippen LogP) is 3.34. The summed E-state index contributed by atoms with van der Waals surface area (Å²) in [7, 11) is 0. The maximum atomic E-state index is 13.0. The van der Waals surface area contributed by atoms with E-state index in [-0.39, 0.29) is 24.2 Å². The molecule has 1 unspecified atom stereocenters. The third-order valence-corrected chi connectivity index (χ3v) is 4.66. The highest BCUT2D eigenvalue weighted by Crippen LogP contribution is 2.36. The second-order valence-corrected chi connectivity index (χ2v) is 6.62. The van der Waals surface area contributed by atoms with E-state index >= 15 is 0 Å². The summed E-state index contributed by atoms with van der Waals surface area (Å²) in [6.07, 6.45) is -1.16. The summed E-state index contributed by atoms with van der Waals surface area (Å²) in [6, 6.07) is 7.05. The first-order valence-corrected chi connectivity index (χ1v) is 8.73. The molecule has 3 rings (SSSR count). The first-order chi connectivity index (χ1) is 12.8. The summed E-state index contributed by atoms with van der Waals surface area (Å²) in [4.78, 5) is 18.5. The number of nitrogens with one attached hydrogen (secondary N) is 2. The third kappa shape index (κ3) is 4.97. The van der Waals surface area contributed by atoms with Gasteiger partial charge < -0.3 is 10.6 Å². The van der Waals surface area contributed by atoms with Crippen LogP contribution < -0.4 is 10.6 Å². The molecule has 0 saturated carbocycles. The molecule has 5 nitrogen and oxygen atoms in total. The second kappa shape index (κ2) is 8.24. The normalized spacial score (nSPS) is 18.3. The molecule has 1 atom stereocenters. The molecule has 1 aliphatic rings. The van der Waals surface area contributed by atoms with Gasteiger partial charge in [-0.1, -0.05) is 17.7 Å². The molecule has 1 amide bonds. The number of nitrogens with zero attached hydrogens (tertiary/aromatic N) is 2. The molecule has 0 bridgehead atoms. The Labute approximate surface area is 159 Å². The van der Waals surface area contributed by atoms with Gasteiger partial charge in [-0.05, 0) is 29.8 Å². The van der Waals surface area contributed by atoms with Gasteiger partial charge >= 0.3 is 6.18 Å². The fraction of sp³-hybridized carbons (Fsp3) is 0.333. The molecule has 144 valence electrons. The number of halogens is 4. The van der Waals surface area contributed by atoms with Gasteiger partial charge in [-0.15, -0.1) is 0 Å². The summed E-state index contributed by atoms with van der Waals surface area (Å²) in [6.45, 7) is 2.09. The molecule has 27 heavy (non-hydrogen) atoms. The van der Waals surface area contributed by atoms with E-state index in [4.69, 9.17) is 11.6 Å². The molecule has 2 aromatic rings. The Hall–Kier alpha value is -2.16. The fourth-order valence-electron chi connectivity index (χ4n) is 3.04. The van der Waals surface area contributed by atoms with Crippen LogP contribution in [0.4, 0.5) is 18.9 Å². The van der Waals surface area contributed by atoms with Crippen LogP contribution in [0.2, 0.25) is 5.02 Å². The van der Waals surface area contributed by atoms with Crippen molar-refractivity contribution in [3.8, 4) is 0 Å². The molecule has 0 aliphatic carbocycles. The summed E-state index contributed by atoms with van der Waals surface area (Å²) in [5.74, 6) is -0.388. The Morgan fingerprint density at radius 2 is 2.19 bits per heavy atom. The van der Waals surface area contributed by atoms with Crippen LogP contribution in [0.3, 0.4) is 0 Å². The van der Waals surface area contributed by atoms with Crippen LogP contribution in [0.1, 0.15) is 17.2 Å². The van der Waals surface area contributed by atoms with Crippen molar-refractivity contribution in [3.63, 3.8) is 0 Å². The van der Waals surface area contributed by atoms with Gasteiger partial charge in [0.15, 0.2) is 0 Å². The van der Waals surface area contributed by atoms with Crippen molar-refractivity contribution >= 4 is 23.2 Å². The first kappa shape index (κ1) is 19.6. The molecule has 2 heterocycles. The number of alkyl halides is 3. The van der Waals surface area contributed by atoms with Gasteiger partial charge in [0, 0.05) is 43.8 Å². The number of pyridine rings is 1.